The molecule has 41 heavy (non-hydrogen) atoms. The number of hydrogen-bond donors (Lipinski definition) is 0. The van der Waals surface area contributed by atoms with E-state index < -0.39 is 0 Å². The normalized spacial score (nSPS) is 13.6. The zero-order valence-electron chi connectivity index (χ0n) is 26.9. The Morgan fingerprint density at radius 3 is 1.29 bits per heavy atom. The van der Waals surface area contributed by atoms with E-state index >= 15 is 0 Å². The molecular weight excluding hydrogens is 496 g/mol. The van der Waals surface area contributed by atoms with Gasteiger partial charge in [0.05, 0.1) is 0 Å². The van der Waals surface area contributed by atoms with Crippen LogP contribution < -0.4 is 0 Å². The Morgan fingerprint density at radius 2 is 0.829 bits per heavy atom. The van der Waals surface area contributed by atoms with Gasteiger partial charge in [0.15, 0.2) is 0 Å². The van der Waals surface area contributed by atoms with Crippen molar-refractivity contribution in [2.75, 3.05) is 0 Å². The number of hydrogen-bond acceptors (Lipinski definition) is 0. The molecule has 2 heteroatoms. The largest absolute Gasteiger partial charge is 0.493 e. The van der Waals surface area contributed by atoms with Gasteiger partial charge in [-0.2, -0.15) is 0 Å². The van der Waals surface area contributed by atoms with Gasteiger partial charge in [0, 0.05) is 22.3 Å². The SMILES string of the molecule is CCCCCCCCc1ccc(C2=C(C)C(CCCCCC)=C(c3ccc(CCCCCCCC)cc3)[N+]2=[N-])cc1. The third-order valence-electron chi connectivity index (χ3n) is 8.89. The Labute approximate surface area is 252 Å². The summed E-state index contributed by atoms with van der Waals surface area (Å²) in [6, 6.07) is 18.0. The van der Waals surface area contributed by atoms with Crippen LogP contribution in [0.25, 0.3) is 16.9 Å². The van der Waals surface area contributed by atoms with E-state index in [0.717, 1.165) is 41.8 Å². The fraction of sp³-hybridized carbons (Fsp3) is 0.590. The number of unbranched alkanes of at least 4 members (excludes halogenated alkanes) is 13. The Balaban J connectivity index is 1.70. The van der Waals surface area contributed by atoms with Gasteiger partial charge in [0.2, 0.25) is 11.4 Å². The van der Waals surface area contributed by atoms with Gasteiger partial charge in [-0.3, -0.25) is 0 Å². The van der Waals surface area contributed by atoms with Crippen LogP contribution in [0, 0.1) is 0 Å². The monoisotopic (exact) mass is 554 g/mol. The Bertz CT molecular complexity index is 1100. The van der Waals surface area contributed by atoms with Gasteiger partial charge in [-0.05, 0) is 80.8 Å². The second kappa shape index (κ2) is 18.9. The first-order valence-electron chi connectivity index (χ1n) is 17.2. The Morgan fingerprint density at radius 1 is 0.463 bits per heavy atom. The predicted octanol–water partition coefficient (Wildman–Crippen LogP) is 12.7. The molecule has 0 bridgehead atoms. The van der Waals surface area contributed by atoms with Crippen LogP contribution >= 0.6 is 0 Å². The molecule has 0 N–H and O–H groups in total. The van der Waals surface area contributed by atoms with Crippen molar-refractivity contribution in [3.63, 3.8) is 0 Å². The van der Waals surface area contributed by atoms with Gasteiger partial charge >= 0.3 is 0 Å². The van der Waals surface area contributed by atoms with E-state index in [-0.39, 0.29) is 0 Å². The lowest BCUT2D eigenvalue weighted by atomic mass is 9.95. The molecule has 0 amide bonds. The van der Waals surface area contributed by atoms with Gasteiger partial charge in [0.25, 0.3) is 0 Å². The maximum absolute atomic E-state index is 11.6. The standard InChI is InChI=1S/C39H58N2/c1-5-8-11-14-16-18-21-33-24-28-35(29-25-33)38-32(4)37(23-20-13-10-7-3)39(41(38)40)36-30-26-34(27-31-36)22-19-17-15-12-9-6-2/h24-31H,5-23H2,1-4H3. The molecule has 0 atom stereocenters. The third kappa shape index (κ3) is 10.4. The molecule has 0 spiro atoms. The topological polar surface area (TPSA) is 25.3 Å². The highest BCUT2D eigenvalue weighted by Crippen LogP contribution is 2.42. The van der Waals surface area contributed by atoms with Crippen molar-refractivity contribution in [3.8, 4) is 0 Å². The highest BCUT2D eigenvalue weighted by molar-refractivity contribution is 5.81. The van der Waals surface area contributed by atoms with E-state index in [2.05, 4.69) is 76.2 Å². The predicted molar refractivity (Wildman–Crippen MR) is 179 cm³/mol. The molecule has 0 aliphatic carbocycles. The minimum absolute atomic E-state index is 0.952. The smallest absolute Gasteiger partial charge is 0.211 e. The number of benzene rings is 2. The molecule has 2 nitrogen and oxygen atoms in total. The summed E-state index contributed by atoms with van der Waals surface area (Å²) >= 11 is 0. The maximum Gasteiger partial charge on any atom is 0.211 e. The van der Waals surface area contributed by atoms with E-state index in [1.807, 2.05) is 0 Å². The lowest BCUT2D eigenvalue weighted by Gasteiger charge is -2.11. The summed E-state index contributed by atoms with van der Waals surface area (Å²) in [5.41, 5.74) is 21.1. The van der Waals surface area contributed by atoms with Crippen molar-refractivity contribution in [2.45, 2.75) is 150 Å². The van der Waals surface area contributed by atoms with Crippen molar-refractivity contribution >= 4 is 11.4 Å². The van der Waals surface area contributed by atoms with Crippen molar-refractivity contribution in [1.82, 2.24) is 0 Å². The first-order chi connectivity index (χ1) is 20.1. The van der Waals surface area contributed by atoms with Crippen LogP contribution in [0.2, 0.25) is 0 Å². The number of rotatable bonds is 21. The van der Waals surface area contributed by atoms with Crippen molar-refractivity contribution in [1.29, 1.82) is 0 Å². The van der Waals surface area contributed by atoms with Crippen LogP contribution in [-0.2, 0) is 12.8 Å². The molecule has 0 unspecified atom stereocenters. The highest BCUT2D eigenvalue weighted by Gasteiger charge is 2.33. The Kier molecular flexibility index (Phi) is 15.2. The summed E-state index contributed by atoms with van der Waals surface area (Å²) in [4.78, 5) is 0. The highest BCUT2D eigenvalue weighted by atomic mass is 15.2. The van der Waals surface area contributed by atoms with Gasteiger partial charge in [-0.25, -0.2) is 4.70 Å². The van der Waals surface area contributed by atoms with E-state index in [1.165, 1.54) is 130 Å². The van der Waals surface area contributed by atoms with Gasteiger partial charge in [-0.15, -0.1) is 0 Å². The minimum Gasteiger partial charge on any atom is -0.493 e. The average molecular weight is 555 g/mol. The van der Waals surface area contributed by atoms with Crippen molar-refractivity contribution < 1.29 is 4.70 Å². The van der Waals surface area contributed by atoms with E-state index in [9.17, 15) is 5.53 Å². The summed E-state index contributed by atoms with van der Waals surface area (Å²) in [5, 5.41) is 0. The van der Waals surface area contributed by atoms with Gasteiger partial charge in [0.1, 0.15) is 0 Å². The lowest BCUT2D eigenvalue weighted by molar-refractivity contribution is -0.345. The second-order valence-corrected chi connectivity index (χ2v) is 12.4. The summed E-state index contributed by atoms with van der Waals surface area (Å²) in [7, 11) is 0. The summed E-state index contributed by atoms with van der Waals surface area (Å²) in [6.07, 6.45) is 24.2. The number of aryl methyl sites for hydroxylation is 2. The minimum atomic E-state index is 0.952. The Hall–Kier alpha value is -2.48. The zero-order chi connectivity index (χ0) is 29.3. The van der Waals surface area contributed by atoms with Crippen molar-refractivity contribution in [3.05, 3.63) is 87.5 Å². The van der Waals surface area contributed by atoms with Crippen molar-refractivity contribution in [2.24, 2.45) is 0 Å². The van der Waals surface area contributed by atoms with Gasteiger partial charge in [-0.1, -0.05) is 129 Å². The maximum atomic E-state index is 11.6. The number of nitrogens with zero attached hydrogens (tertiary/aromatic N) is 2. The fourth-order valence-electron chi connectivity index (χ4n) is 6.27. The van der Waals surface area contributed by atoms with Crippen LogP contribution in [0.3, 0.4) is 0 Å². The molecule has 0 saturated heterocycles. The van der Waals surface area contributed by atoms with Crippen LogP contribution in [0.1, 0.15) is 159 Å². The summed E-state index contributed by atoms with van der Waals surface area (Å²) in [6.45, 7) is 9.02. The quantitative estimate of drug-likeness (QED) is 0.108. The molecule has 3 rings (SSSR count). The molecule has 0 radical (unpaired) electrons. The first kappa shape index (κ1) is 33.0. The first-order valence-corrected chi connectivity index (χ1v) is 17.2. The molecule has 2 aromatic carbocycles. The molecular formula is C39H58N2. The number of allylic oxidation sites excluding steroid dienone is 2. The lowest BCUT2D eigenvalue weighted by Crippen LogP contribution is -2.03. The molecule has 2 aromatic rings. The third-order valence-corrected chi connectivity index (χ3v) is 8.89. The molecule has 224 valence electrons. The van der Waals surface area contributed by atoms with Crippen LogP contribution in [0.4, 0.5) is 0 Å². The van der Waals surface area contributed by atoms with E-state index in [0.29, 0.717) is 0 Å². The molecule has 0 aromatic heterocycles. The second-order valence-electron chi connectivity index (χ2n) is 12.4. The molecule has 1 aliphatic rings. The zero-order valence-corrected chi connectivity index (χ0v) is 26.9. The molecule has 0 saturated carbocycles. The van der Waals surface area contributed by atoms with Crippen LogP contribution in [0.15, 0.2) is 59.7 Å². The molecule has 1 heterocycles. The van der Waals surface area contributed by atoms with Crippen LogP contribution in [-0.4, -0.2) is 4.70 Å². The fourth-order valence-corrected chi connectivity index (χ4v) is 6.27. The van der Waals surface area contributed by atoms with Gasteiger partial charge < -0.3 is 5.53 Å². The van der Waals surface area contributed by atoms with E-state index in [1.54, 1.807) is 0 Å². The average Bonchev–Trinajstić information content (AvgIpc) is 3.24. The molecule has 1 aliphatic heterocycles. The molecule has 0 fully saturated rings. The summed E-state index contributed by atoms with van der Waals surface area (Å²) < 4.78 is 1.50. The van der Waals surface area contributed by atoms with E-state index in [4.69, 9.17) is 0 Å². The summed E-state index contributed by atoms with van der Waals surface area (Å²) in [5.74, 6) is 0. The van der Waals surface area contributed by atoms with Crippen LogP contribution in [0.5, 0.6) is 0 Å².